The van der Waals surface area contributed by atoms with E-state index >= 15 is 4.79 Å². The molecule has 0 saturated heterocycles. The second-order valence-electron chi connectivity index (χ2n) is 15.6. The van der Waals surface area contributed by atoms with Crippen molar-refractivity contribution in [2.45, 2.75) is 6.23 Å². The van der Waals surface area contributed by atoms with Crippen molar-refractivity contribution in [1.82, 2.24) is 28.5 Å². The van der Waals surface area contributed by atoms with Gasteiger partial charge in [0.25, 0.3) is 11.5 Å². The van der Waals surface area contributed by atoms with E-state index in [-0.39, 0.29) is 11.5 Å². The molecule has 12 aromatic rings. The zero-order valence-corrected chi connectivity index (χ0v) is 32.7. The van der Waals surface area contributed by atoms with Gasteiger partial charge in [0, 0.05) is 49.4 Å². The van der Waals surface area contributed by atoms with Crippen molar-refractivity contribution in [3.63, 3.8) is 0 Å². The molecule has 1 amide bonds. The molecular weight excluding hydrogens is 771 g/mol. The van der Waals surface area contributed by atoms with E-state index in [0.717, 1.165) is 44.2 Å². The third-order valence-electron chi connectivity index (χ3n) is 12.3. The van der Waals surface area contributed by atoms with Crippen molar-refractivity contribution in [3.05, 3.63) is 197 Å². The topological polar surface area (TPSA) is 111 Å². The summed E-state index contributed by atoms with van der Waals surface area (Å²) in [6.07, 6.45) is -1.32. The number of nitrogens with zero attached hydrogens (tertiary/aromatic N) is 7. The number of hydrogen-bond acceptors (Lipinski definition) is 6. The van der Waals surface area contributed by atoms with Crippen LogP contribution >= 0.6 is 0 Å². The predicted molar refractivity (Wildman–Crippen MR) is 244 cm³/mol. The Hall–Kier alpha value is -8.47. The molecule has 1 N–H and O–H groups in total. The van der Waals surface area contributed by atoms with Crippen LogP contribution in [0, 0.1) is 0 Å². The first-order valence-electron chi connectivity index (χ1n) is 20.4. The van der Waals surface area contributed by atoms with E-state index in [1.807, 2.05) is 164 Å². The van der Waals surface area contributed by atoms with Gasteiger partial charge in [0.15, 0.2) is 17.9 Å². The summed E-state index contributed by atoms with van der Waals surface area (Å²) in [6.45, 7) is 0. The third-order valence-corrected chi connectivity index (χ3v) is 12.3. The number of imidazole rings is 3. The Kier molecular flexibility index (Phi) is 7.08. The number of carbonyl (C=O) groups is 1. The summed E-state index contributed by atoms with van der Waals surface area (Å²) in [7, 11) is 0. The fourth-order valence-corrected chi connectivity index (χ4v) is 9.65. The van der Waals surface area contributed by atoms with Gasteiger partial charge in [-0.25, -0.2) is 15.0 Å². The number of aromatic nitrogens is 6. The van der Waals surface area contributed by atoms with E-state index in [1.54, 1.807) is 16.5 Å². The first kappa shape index (κ1) is 34.4. The number of para-hydroxylation sites is 6. The summed E-state index contributed by atoms with van der Waals surface area (Å²) < 4.78 is 5.80. The Morgan fingerprint density at radius 1 is 0.500 bits per heavy atom. The average Bonchev–Trinajstić information content (AvgIpc) is 4.03. The highest BCUT2D eigenvalue weighted by Crippen LogP contribution is 2.45. The Morgan fingerprint density at radius 3 is 1.82 bits per heavy atom. The van der Waals surface area contributed by atoms with Crippen molar-refractivity contribution in [1.29, 1.82) is 0 Å². The molecule has 0 fully saturated rings. The lowest BCUT2D eigenvalue weighted by molar-refractivity contribution is 0.0880. The fraction of sp³-hybridized carbons (Fsp3) is 0.0192. The molecule has 10 heteroatoms. The smallest absolute Gasteiger partial charge is 0.264 e. The highest BCUT2D eigenvalue weighted by Gasteiger charge is 2.37. The molecule has 0 saturated carbocycles. The minimum absolute atomic E-state index is 0.336. The molecule has 0 aliphatic carbocycles. The van der Waals surface area contributed by atoms with Crippen LogP contribution in [-0.4, -0.2) is 39.5 Å². The standard InChI is InChI=1S/C52H31N7O3/c60-50-36-27-26-34-43-35(28-29-37(44(36)43)51(61)58(50)40-25-13-15-30-14-7-8-20-33(30)40)52(62)59-46(49-54-39-22-10-12-24-42(39)57(49)32-18-5-2-6-19-32)45(55-47(34)59)48-53-38-21-9-11-23-41(38)56(48)31-16-3-1-4-17-31/h1-29,50,60H. The van der Waals surface area contributed by atoms with Crippen molar-refractivity contribution in [2.75, 3.05) is 4.90 Å². The molecule has 292 valence electrons. The van der Waals surface area contributed by atoms with Gasteiger partial charge in [-0.2, -0.15) is 0 Å². The van der Waals surface area contributed by atoms with Crippen LogP contribution in [0.4, 0.5) is 5.69 Å². The minimum atomic E-state index is -1.32. The summed E-state index contributed by atoms with van der Waals surface area (Å²) in [4.78, 5) is 47.7. The molecule has 1 atom stereocenters. The maximum Gasteiger partial charge on any atom is 0.264 e. The lowest BCUT2D eigenvalue weighted by Gasteiger charge is -2.34. The number of amides is 1. The zero-order valence-electron chi connectivity index (χ0n) is 32.7. The summed E-state index contributed by atoms with van der Waals surface area (Å²) >= 11 is 0. The van der Waals surface area contributed by atoms with Crippen LogP contribution in [0.1, 0.15) is 22.1 Å². The van der Waals surface area contributed by atoms with Gasteiger partial charge in [-0.3, -0.25) is 28.0 Å². The summed E-state index contributed by atoms with van der Waals surface area (Å²) in [5.74, 6) is 0.682. The average molecular weight is 802 g/mol. The quantitative estimate of drug-likeness (QED) is 0.186. The number of fused-ring (bicyclic) bond motifs is 5. The third kappa shape index (κ3) is 4.63. The van der Waals surface area contributed by atoms with E-state index in [1.165, 1.54) is 4.90 Å². The molecule has 1 aliphatic rings. The number of benzene rings is 8. The molecule has 4 aromatic heterocycles. The van der Waals surface area contributed by atoms with E-state index in [4.69, 9.17) is 15.0 Å². The predicted octanol–water partition coefficient (Wildman–Crippen LogP) is 10.3. The molecule has 62 heavy (non-hydrogen) atoms. The van der Waals surface area contributed by atoms with Crippen molar-refractivity contribution >= 4 is 71.6 Å². The van der Waals surface area contributed by atoms with E-state index < -0.39 is 6.23 Å². The molecule has 5 heterocycles. The lowest BCUT2D eigenvalue weighted by Crippen LogP contribution is -2.38. The summed E-state index contributed by atoms with van der Waals surface area (Å²) in [5, 5.41) is 16.1. The Morgan fingerprint density at radius 2 is 1.10 bits per heavy atom. The van der Waals surface area contributed by atoms with Crippen LogP contribution in [0.5, 0.6) is 0 Å². The largest absolute Gasteiger partial charge is 0.369 e. The van der Waals surface area contributed by atoms with Crippen LogP contribution in [0.2, 0.25) is 0 Å². The molecule has 10 nitrogen and oxygen atoms in total. The summed E-state index contributed by atoms with van der Waals surface area (Å²) in [6, 6.07) is 56.6. The Bertz CT molecular complexity index is 3890. The van der Waals surface area contributed by atoms with E-state index in [9.17, 15) is 9.90 Å². The normalized spacial score (nSPS) is 14.1. The van der Waals surface area contributed by atoms with Gasteiger partial charge in [-0.1, -0.05) is 109 Å². The number of anilines is 1. The number of rotatable bonds is 5. The lowest BCUT2D eigenvalue weighted by atomic mass is 9.89. The number of aliphatic hydroxyl groups excluding tert-OH is 1. The van der Waals surface area contributed by atoms with E-state index in [2.05, 4.69) is 9.13 Å². The molecule has 8 aromatic carbocycles. The second-order valence-corrected chi connectivity index (χ2v) is 15.6. The van der Waals surface area contributed by atoms with Crippen LogP contribution in [0.3, 0.4) is 0 Å². The Balaban J connectivity index is 1.15. The van der Waals surface area contributed by atoms with Gasteiger partial charge < -0.3 is 5.11 Å². The minimum Gasteiger partial charge on any atom is -0.369 e. The maximum atomic E-state index is 15.5. The number of aliphatic hydroxyl groups is 1. The summed E-state index contributed by atoms with van der Waals surface area (Å²) in [5.41, 5.74) is 7.46. The van der Waals surface area contributed by atoms with Crippen molar-refractivity contribution in [2.24, 2.45) is 0 Å². The molecule has 13 rings (SSSR count). The van der Waals surface area contributed by atoms with Gasteiger partial charge in [-0.05, 0) is 72.1 Å². The Labute approximate surface area is 351 Å². The van der Waals surface area contributed by atoms with Gasteiger partial charge in [-0.15, -0.1) is 0 Å². The maximum absolute atomic E-state index is 15.5. The van der Waals surface area contributed by atoms with Gasteiger partial charge >= 0.3 is 0 Å². The monoisotopic (exact) mass is 801 g/mol. The van der Waals surface area contributed by atoms with Gasteiger partial charge in [0.05, 0.1) is 27.8 Å². The molecule has 1 unspecified atom stereocenters. The molecule has 0 spiro atoms. The molecule has 1 aliphatic heterocycles. The van der Waals surface area contributed by atoms with Crippen molar-refractivity contribution in [3.8, 4) is 34.4 Å². The number of pyridine rings is 1. The van der Waals surface area contributed by atoms with E-state index in [0.29, 0.717) is 67.0 Å². The van der Waals surface area contributed by atoms with Crippen LogP contribution in [-0.2, 0) is 0 Å². The van der Waals surface area contributed by atoms with Crippen molar-refractivity contribution < 1.29 is 9.90 Å². The van der Waals surface area contributed by atoms with Gasteiger partial charge in [0.2, 0.25) is 0 Å². The first-order chi connectivity index (χ1) is 30.5. The molecule has 0 radical (unpaired) electrons. The highest BCUT2D eigenvalue weighted by atomic mass is 16.3. The fourth-order valence-electron chi connectivity index (χ4n) is 9.65. The molecular formula is C52H31N7O3. The van der Waals surface area contributed by atoms with Gasteiger partial charge in [0.1, 0.15) is 17.0 Å². The first-order valence-corrected chi connectivity index (χ1v) is 20.4. The number of carbonyl (C=O) groups excluding carboxylic acids is 1. The van der Waals surface area contributed by atoms with Crippen LogP contribution < -0.4 is 10.5 Å². The van der Waals surface area contributed by atoms with Crippen LogP contribution in [0.15, 0.2) is 181 Å². The highest BCUT2D eigenvalue weighted by molar-refractivity contribution is 6.26. The second kappa shape index (κ2) is 12.8. The number of hydrogen-bond donors (Lipinski definition) is 1. The molecule has 0 bridgehead atoms. The SMILES string of the molecule is O=C1c2ccc3c(=O)n4c(-c5nc6ccccc6n5-c5ccccc5)c(-c5nc6ccccc6n5-c5ccccc5)nc4c4ccc(c2c34)C(O)N1c1cccc2ccccc12. The zero-order chi connectivity index (χ0) is 41.2. The van der Waals surface area contributed by atoms with Crippen LogP contribution in [0.25, 0.3) is 94.4 Å².